The third-order valence-electron chi connectivity index (χ3n) is 3.38. The van der Waals surface area contributed by atoms with Gasteiger partial charge in [-0.1, -0.05) is 47.0 Å². The summed E-state index contributed by atoms with van der Waals surface area (Å²) in [6, 6.07) is 0. The summed E-state index contributed by atoms with van der Waals surface area (Å²) < 4.78 is 0. The van der Waals surface area contributed by atoms with Crippen LogP contribution in [0.25, 0.3) is 0 Å². The van der Waals surface area contributed by atoms with E-state index >= 15 is 0 Å². The number of unbranched alkanes of at least 4 members (excludes halogenated alkanes) is 1. The van der Waals surface area contributed by atoms with Gasteiger partial charge in [-0.2, -0.15) is 0 Å². The molecule has 108 valence electrons. The van der Waals surface area contributed by atoms with E-state index in [1.54, 1.807) is 0 Å². The SMILES string of the molecule is CCCCC(CC)CN(CCC(=N)N)CC(C)C. The molecule has 0 fully saturated rings. The molecule has 1 atom stereocenters. The minimum atomic E-state index is 0.311. The molecule has 1 unspecified atom stereocenters. The highest BCUT2D eigenvalue weighted by Crippen LogP contribution is 2.15. The number of nitrogens with two attached hydrogens (primary N) is 1. The number of hydrogen-bond acceptors (Lipinski definition) is 2. The molecule has 0 heterocycles. The van der Waals surface area contributed by atoms with Gasteiger partial charge >= 0.3 is 0 Å². The molecule has 0 aromatic carbocycles. The summed E-state index contributed by atoms with van der Waals surface area (Å²) in [5.41, 5.74) is 5.47. The van der Waals surface area contributed by atoms with E-state index in [2.05, 4.69) is 32.6 Å². The van der Waals surface area contributed by atoms with Crippen molar-refractivity contribution < 1.29 is 0 Å². The Morgan fingerprint density at radius 3 is 2.33 bits per heavy atom. The molecule has 3 N–H and O–H groups in total. The number of rotatable bonds is 11. The fraction of sp³-hybridized carbons (Fsp3) is 0.933. The van der Waals surface area contributed by atoms with E-state index in [0.29, 0.717) is 18.2 Å². The van der Waals surface area contributed by atoms with Gasteiger partial charge in [0.15, 0.2) is 0 Å². The van der Waals surface area contributed by atoms with Gasteiger partial charge in [-0.15, -0.1) is 0 Å². The van der Waals surface area contributed by atoms with Gasteiger partial charge in [0.05, 0.1) is 5.84 Å². The van der Waals surface area contributed by atoms with Gasteiger partial charge in [0, 0.05) is 26.1 Å². The maximum atomic E-state index is 7.36. The third kappa shape index (κ3) is 9.46. The summed E-state index contributed by atoms with van der Waals surface area (Å²) in [5, 5.41) is 7.36. The largest absolute Gasteiger partial charge is 0.388 e. The summed E-state index contributed by atoms with van der Waals surface area (Å²) in [5.74, 6) is 1.79. The van der Waals surface area contributed by atoms with Crippen LogP contribution in [0.2, 0.25) is 0 Å². The molecule has 0 rings (SSSR count). The van der Waals surface area contributed by atoms with E-state index in [-0.39, 0.29) is 0 Å². The smallest absolute Gasteiger partial charge is 0.0918 e. The van der Waals surface area contributed by atoms with Crippen LogP contribution in [0.5, 0.6) is 0 Å². The minimum Gasteiger partial charge on any atom is -0.388 e. The first-order valence-electron chi connectivity index (χ1n) is 7.54. The van der Waals surface area contributed by atoms with E-state index in [1.165, 1.54) is 32.2 Å². The summed E-state index contributed by atoms with van der Waals surface area (Å²) in [6.07, 6.45) is 5.92. The molecule has 0 amide bonds. The summed E-state index contributed by atoms with van der Waals surface area (Å²) in [6.45, 7) is 12.3. The second-order valence-corrected chi connectivity index (χ2v) is 5.85. The highest BCUT2D eigenvalue weighted by molar-refractivity contribution is 5.76. The molecule has 0 aliphatic heterocycles. The molecule has 0 saturated carbocycles. The van der Waals surface area contributed by atoms with Gasteiger partial charge in [-0.25, -0.2) is 0 Å². The lowest BCUT2D eigenvalue weighted by Gasteiger charge is -2.28. The average Bonchev–Trinajstić information content (AvgIpc) is 2.30. The average molecular weight is 255 g/mol. The van der Waals surface area contributed by atoms with Crippen molar-refractivity contribution >= 4 is 5.84 Å². The maximum absolute atomic E-state index is 7.36. The normalized spacial score (nSPS) is 13.2. The molecule has 0 spiro atoms. The van der Waals surface area contributed by atoms with Gasteiger partial charge in [0.1, 0.15) is 0 Å². The predicted octanol–water partition coefficient (Wildman–Crippen LogP) is 3.49. The van der Waals surface area contributed by atoms with Crippen molar-refractivity contribution in [3.8, 4) is 0 Å². The molecule has 0 aliphatic carbocycles. The lowest BCUT2D eigenvalue weighted by Crippen LogP contribution is -2.35. The first kappa shape index (κ1) is 17.4. The summed E-state index contributed by atoms with van der Waals surface area (Å²) >= 11 is 0. The molecule has 0 aliphatic rings. The Morgan fingerprint density at radius 2 is 1.89 bits per heavy atom. The van der Waals surface area contributed by atoms with Gasteiger partial charge < -0.3 is 10.6 Å². The van der Waals surface area contributed by atoms with Crippen LogP contribution in [-0.2, 0) is 0 Å². The van der Waals surface area contributed by atoms with Crippen molar-refractivity contribution in [2.24, 2.45) is 17.6 Å². The lowest BCUT2D eigenvalue weighted by molar-refractivity contribution is 0.203. The quantitative estimate of drug-likeness (QED) is 0.438. The van der Waals surface area contributed by atoms with Crippen molar-refractivity contribution in [1.29, 1.82) is 5.41 Å². The Balaban J connectivity index is 4.20. The second-order valence-electron chi connectivity index (χ2n) is 5.85. The van der Waals surface area contributed by atoms with E-state index < -0.39 is 0 Å². The van der Waals surface area contributed by atoms with Gasteiger partial charge in [-0.05, 0) is 18.3 Å². The molecule has 0 aromatic heterocycles. The Bertz CT molecular complexity index is 214. The zero-order chi connectivity index (χ0) is 14.0. The first-order valence-corrected chi connectivity index (χ1v) is 7.54. The minimum absolute atomic E-state index is 0.311. The highest BCUT2D eigenvalue weighted by Gasteiger charge is 2.13. The molecule has 0 radical (unpaired) electrons. The highest BCUT2D eigenvalue weighted by atomic mass is 15.1. The molecule has 3 nitrogen and oxygen atoms in total. The van der Waals surface area contributed by atoms with Crippen molar-refractivity contribution in [3.05, 3.63) is 0 Å². The fourth-order valence-corrected chi connectivity index (χ4v) is 2.33. The third-order valence-corrected chi connectivity index (χ3v) is 3.38. The van der Waals surface area contributed by atoms with Gasteiger partial charge in [-0.3, -0.25) is 5.41 Å². The number of nitrogens with zero attached hydrogens (tertiary/aromatic N) is 1. The zero-order valence-corrected chi connectivity index (χ0v) is 12.8. The Morgan fingerprint density at radius 1 is 1.22 bits per heavy atom. The number of hydrogen-bond donors (Lipinski definition) is 2. The first-order chi connectivity index (χ1) is 8.49. The summed E-state index contributed by atoms with van der Waals surface area (Å²) in [4.78, 5) is 2.50. The topological polar surface area (TPSA) is 53.1 Å². The standard InChI is InChI=1S/C15H33N3/c1-5-7-8-14(6-2)12-18(11-13(3)4)10-9-15(16)17/h13-14H,5-12H2,1-4H3,(H3,16,17). The van der Waals surface area contributed by atoms with Crippen molar-refractivity contribution in [1.82, 2.24) is 4.90 Å². The van der Waals surface area contributed by atoms with E-state index in [9.17, 15) is 0 Å². The van der Waals surface area contributed by atoms with Gasteiger partial charge in [0.25, 0.3) is 0 Å². The molecule has 0 bridgehead atoms. The second kappa shape index (κ2) is 10.4. The van der Waals surface area contributed by atoms with Crippen LogP contribution < -0.4 is 5.73 Å². The van der Waals surface area contributed by atoms with Crippen molar-refractivity contribution in [2.45, 2.75) is 59.8 Å². The number of amidine groups is 1. The Labute approximate surface area is 114 Å². The van der Waals surface area contributed by atoms with Gasteiger partial charge in [0.2, 0.25) is 0 Å². The monoisotopic (exact) mass is 255 g/mol. The van der Waals surface area contributed by atoms with E-state index in [0.717, 1.165) is 19.0 Å². The van der Waals surface area contributed by atoms with Crippen LogP contribution in [0.4, 0.5) is 0 Å². The van der Waals surface area contributed by atoms with Crippen LogP contribution in [-0.4, -0.2) is 30.4 Å². The molecule has 18 heavy (non-hydrogen) atoms. The predicted molar refractivity (Wildman–Crippen MR) is 81.1 cm³/mol. The van der Waals surface area contributed by atoms with Crippen LogP contribution >= 0.6 is 0 Å². The Hall–Kier alpha value is -0.570. The maximum Gasteiger partial charge on any atom is 0.0918 e. The summed E-state index contributed by atoms with van der Waals surface area (Å²) in [7, 11) is 0. The molecular weight excluding hydrogens is 222 g/mol. The Kier molecular flexibility index (Phi) is 10.0. The van der Waals surface area contributed by atoms with Crippen LogP contribution in [0.15, 0.2) is 0 Å². The number of nitrogens with one attached hydrogen (secondary N) is 1. The van der Waals surface area contributed by atoms with Crippen molar-refractivity contribution in [2.75, 3.05) is 19.6 Å². The van der Waals surface area contributed by atoms with Crippen molar-refractivity contribution in [3.63, 3.8) is 0 Å². The lowest BCUT2D eigenvalue weighted by atomic mass is 9.98. The van der Waals surface area contributed by atoms with E-state index in [1.807, 2.05) is 0 Å². The molecular formula is C15H33N3. The van der Waals surface area contributed by atoms with Crippen LogP contribution in [0, 0.1) is 17.2 Å². The van der Waals surface area contributed by atoms with E-state index in [4.69, 9.17) is 11.1 Å². The zero-order valence-electron chi connectivity index (χ0n) is 12.8. The fourth-order valence-electron chi connectivity index (χ4n) is 2.33. The van der Waals surface area contributed by atoms with Crippen LogP contribution in [0.3, 0.4) is 0 Å². The molecule has 0 aromatic rings. The molecule has 3 heteroatoms. The molecule has 0 saturated heterocycles. The van der Waals surface area contributed by atoms with Crippen LogP contribution in [0.1, 0.15) is 59.8 Å².